The maximum absolute atomic E-state index is 5.93. The molecule has 0 aromatic heterocycles. The van der Waals surface area contributed by atoms with Crippen molar-refractivity contribution >= 4 is 11.6 Å². The fourth-order valence-electron chi connectivity index (χ4n) is 1.26. The molecule has 0 aliphatic carbocycles. The van der Waals surface area contributed by atoms with Crippen molar-refractivity contribution in [3.63, 3.8) is 0 Å². The minimum atomic E-state index is 0.837. The van der Waals surface area contributed by atoms with Gasteiger partial charge in [-0.1, -0.05) is 23.7 Å². The highest BCUT2D eigenvalue weighted by Gasteiger charge is 1.96. The van der Waals surface area contributed by atoms with E-state index < -0.39 is 0 Å². The average molecular weight is 213 g/mol. The van der Waals surface area contributed by atoms with E-state index >= 15 is 0 Å². The summed E-state index contributed by atoms with van der Waals surface area (Å²) in [5.41, 5.74) is 2.42. The Balaban J connectivity index is 2.39. The minimum absolute atomic E-state index is 0.837. The summed E-state index contributed by atoms with van der Waals surface area (Å²) in [6, 6.07) is 6.13. The summed E-state index contributed by atoms with van der Waals surface area (Å²) in [7, 11) is 1.95. The van der Waals surface area contributed by atoms with Gasteiger partial charge in [0, 0.05) is 24.7 Å². The summed E-state index contributed by atoms with van der Waals surface area (Å²) < 4.78 is 0. The van der Waals surface area contributed by atoms with E-state index in [0.29, 0.717) is 0 Å². The normalized spacial score (nSPS) is 10.5. The highest BCUT2D eigenvalue weighted by Crippen LogP contribution is 2.15. The number of rotatable bonds is 5. The van der Waals surface area contributed by atoms with Crippen molar-refractivity contribution in [2.75, 3.05) is 20.1 Å². The van der Waals surface area contributed by atoms with E-state index in [2.05, 4.69) is 22.8 Å². The van der Waals surface area contributed by atoms with Crippen LogP contribution >= 0.6 is 11.6 Å². The molecule has 1 aromatic rings. The van der Waals surface area contributed by atoms with Crippen LogP contribution in [-0.2, 0) is 6.54 Å². The van der Waals surface area contributed by atoms with Crippen LogP contribution in [0.2, 0.25) is 5.02 Å². The molecule has 0 unspecified atom stereocenters. The summed E-state index contributed by atoms with van der Waals surface area (Å²) in [4.78, 5) is 0. The fraction of sp³-hybridized carbons (Fsp3) is 0.455. The molecule has 2 N–H and O–H groups in total. The van der Waals surface area contributed by atoms with Crippen LogP contribution in [0.25, 0.3) is 0 Å². The van der Waals surface area contributed by atoms with Gasteiger partial charge in [0.15, 0.2) is 0 Å². The third-order valence-electron chi connectivity index (χ3n) is 2.10. The molecular formula is C11H17ClN2. The van der Waals surface area contributed by atoms with Gasteiger partial charge in [0.2, 0.25) is 0 Å². The lowest BCUT2D eigenvalue weighted by Crippen LogP contribution is -2.24. The van der Waals surface area contributed by atoms with Gasteiger partial charge in [-0.15, -0.1) is 0 Å². The smallest absolute Gasteiger partial charge is 0.0435 e. The zero-order chi connectivity index (χ0) is 10.4. The Morgan fingerprint density at radius 1 is 1.29 bits per heavy atom. The Hall–Kier alpha value is -0.570. The van der Waals surface area contributed by atoms with Crippen molar-refractivity contribution in [1.29, 1.82) is 0 Å². The van der Waals surface area contributed by atoms with Crippen LogP contribution in [0.1, 0.15) is 11.1 Å². The van der Waals surface area contributed by atoms with Crippen LogP contribution in [0.5, 0.6) is 0 Å². The molecule has 14 heavy (non-hydrogen) atoms. The van der Waals surface area contributed by atoms with Gasteiger partial charge in [-0.25, -0.2) is 0 Å². The van der Waals surface area contributed by atoms with E-state index in [-0.39, 0.29) is 0 Å². The lowest BCUT2D eigenvalue weighted by atomic mass is 10.1. The van der Waals surface area contributed by atoms with Gasteiger partial charge in [-0.05, 0) is 31.2 Å². The molecule has 3 heteroatoms. The van der Waals surface area contributed by atoms with E-state index in [1.54, 1.807) is 0 Å². The minimum Gasteiger partial charge on any atom is -0.318 e. The van der Waals surface area contributed by atoms with Gasteiger partial charge >= 0.3 is 0 Å². The van der Waals surface area contributed by atoms with Crippen LogP contribution in [0, 0.1) is 6.92 Å². The number of benzene rings is 1. The Morgan fingerprint density at radius 3 is 2.71 bits per heavy atom. The molecule has 78 valence electrons. The molecule has 2 nitrogen and oxygen atoms in total. The molecule has 0 atom stereocenters. The molecule has 0 radical (unpaired) electrons. The maximum atomic E-state index is 5.93. The molecule has 0 heterocycles. The predicted molar refractivity (Wildman–Crippen MR) is 61.8 cm³/mol. The largest absolute Gasteiger partial charge is 0.318 e. The number of hydrogen-bond acceptors (Lipinski definition) is 2. The monoisotopic (exact) mass is 212 g/mol. The second-order valence-electron chi connectivity index (χ2n) is 3.36. The predicted octanol–water partition coefficient (Wildman–Crippen LogP) is 1.96. The maximum Gasteiger partial charge on any atom is 0.0435 e. The summed E-state index contributed by atoms with van der Waals surface area (Å²) in [6.45, 7) is 4.91. The first-order chi connectivity index (χ1) is 6.74. The summed E-state index contributed by atoms with van der Waals surface area (Å²) in [6.07, 6.45) is 0. The van der Waals surface area contributed by atoms with Gasteiger partial charge in [-0.3, -0.25) is 0 Å². The van der Waals surface area contributed by atoms with Gasteiger partial charge < -0.3 is 10.6 Å². The van der Waals surface area contributed by atoms with E-state index in [1.807, 2.05) is 20.0 Å². The zero-order valence-electron chi connectivity index (χ0n) is 8.73. The molecule has 0 fully saturated rings. The number of nitrogens with one attached hydrogen (secondary N) is 2. The van der Waals surface area contributed by atoms with Gasteiger partial charge in [0.1, 0.15) is 0 Å². The molecule has 0 saturated carbocycles. The van der Waals surface area contributed by atoms with E-state index in [9.17, 15) is 0 Å². The Bertz CT molecular complexity index is 287. The molecule has 0 aliphatic rings. The fourth-order valence-corrected chi connectivity index (χ4v) is 1.38. The Kier molecular flexibility index (Phi) is 4.94. The molecule has 0 aliphatic heterocycles. The van der Waals surface area contributed by atoms with Crippen LogP contribution in [0.15, 0.2) is 18.2 Å². The summed E-state index contributed by atoms with van der Waals surface area (Å²) in [5, 5.41) is 7.27. The average Bonchev–Trinajstić information content (AvgIpc) is 2.18. The molecule has 0 bridgehead atoms. The third kappa shape index (κ3) is 3.66. The van der Waals surface area contributed by atoms with Gasteiger partial charge in [0.05, 0.1) is 0 Å². The van der Waals surface area contributed by atoms with Crippen LogP contribution < -0.4 is 10.6 Å². The highest BCUT2D eigenvalue weighted by molar-refractivity contribution is 6.31. The molecule has 0 spiro atoms. The molecule has 0 saturated heterocycles. The van der Waals surface area contributed by atoms with Crippen molar-refractivity contribution in [2.45, 2.75) is 13.5 Å². The molecule has 1 rings (SSSR count). The topological polar surface area (TPSA) is 24.1 Å². The van der Waals surface area contributed by atoms with E-state index in [0.717, 1.165) is 30.2 Å². The number of aryl methyl sites for hydroxylation is 1. The second kappa shape index (κ2) is 6.02. The molecule has 0 amide bonds. The summed E-state index contributed by atoms with van der Waals surface area (Å²) in [5.74, 6) is 0. The SMILES string of the molecule is CNCCNCc1ccc(Cl)c(C)c1. The quantitative estimate of drug-likeness (QED) is 0.730. The third-order valence-corrected chi connectivity index (χ3v) is 2.53. The van der Waals surface area contributed by atoms with Gasteiger partial charge in [0.25, 0.3) is 0 Å². The first-order valence-corrected chi connectivity index (χ1v) is 5.22. The molecule has 1 aromatic carbocycles. The van der Waals surface area contributed by atoms with Crippen molar-refractivity contribution in [3.8, 4) is 0 Å². The Morgan fingerprint density at radius 2 is 2.07 bits per heavy atom. The van der Waals surface area contributed by atoms with Crippen molar-refractivity contribution in [1.82, 2.24) is 10.6 Å². The van der Waals surface area contributed by atoms with Gasteiger partial charge in [-0.2, -0.15) is 0 Å². The first-order valence-electron chi connectivity index (χ1n) is 4.84. The number of halogens is 1. The standard InChI is InChI=1S/C11H17ClN2/c1-9-7-10(3-4-11(9)12)8-14-6-5-13-2/h3-4,7,13-14H,5-6,8H2,1-2H3. The van der Waals surface area contributed by atoms with Crippen molar-refractivity contribution < 1.29 is 0 Å². The van der Waals surface area contributed by atoms with Crippen LogP contribution in [-0.4, -0.2) is 20.1 Å². The van der Waals surface area contributed by atoms with Crippen LogP contribution in [0.3, 0.4) is 0 Å². The Labute approximate surface area is 90.7 Å². The number of likely N-dealkylation sites (N-methyl/N-ethyl adjacent to an activating group) is 1. The lowest BCUT2D eigenvalue weighted by Gasteiger charge is -2.06. The zero-order valence-corrected chi connectivity index (χ0v) is 9.49. The first kappa shape index (κ1) is 11.5. The number of hydrogen-bond donors (Lipinski definition) is 2. The second-order valence-corrected chi connectivity index (χ2v) is 3.77. The van der Waals surface area contributed by atoms with Crippen molar-refractivity contribution in [3.05, 3.63) is 34.3 Å². The van der Waals surface area contributed by atoms with E-state index in [1.165, 1.54) is 5.56 Å². The summed E-state index contributed by atoms with van der Waals surface area (Å²) >= 11 is 5.93. The molecular weight excluding hydrogens is 196 g/mol. The van der Waals surface area contributed by atoms with Crippen molar-refractivity contribution in [2.24, 2.45) is 0 Å². The lowest BCUT2D eigenvalue weighted by molar-refractivity contribution is 0.650. The van der Waals surface area contributed by atoms with E-state index in [4.69, 9.17) is 11.6 Å². The van der Waals surface area contributed by atoms with Crippen LogP contribution in [0.4, 0.5) is 0 Å². The highest BCUT2D eigenvalue weighted by atomic mass is 35.5.